The van der Waals surface area contributed by atoms with Crippen molar-refractivity contribution >= 4 is 28.4 Å². The second-order valence-corrected chi connectivity index (χ2v) is 9.99. The van der Waals surface area contributed by atoms with Gasteiger partial charge >= 0.3 is 5.97 Å². The Labute approximate surface area is 232 Å². The van der Waals surface area contributed by atoms with E-state index in [-0.39, 0.29) is 17.5 Å². The van der Waals surface area contributed by atoms with Gasteiger partial charge in [0, 0.05) is 99.1 Å². The van der Waals surface area contributed by atoms with Gasteiger partial charge in [0.05, 0.1) is 16.8 Å². The van der Waals surface area contributed by atoms with Crippen LogP contribution in [0.2, 0.25) is 0 Å². The zero-order valence-corrected chi connectivity index (χ0v) is 22.4. The van der Waals surface area contributed by atoms with Crippen LogP contribution in [-0.2, 0) is 13.0 Å². The zero-order chi connectivity index (χ0) is 29.0. The fourth-order valence-corrected chi connectivity index (χ4v) is 5.49. The molecule has 1 aliphatic rings. The van der Waals surface area contributed by atoms with Crippen LogP contribution in [0.5, 0.6) is 0 Å². The summed E-state index contributed by atoms with van der Waals surface area (Å²) in [6.07, 6.45) is 8.04. The summed E-state index contributed by atoms with van der Waals surface area (Å²) in [6, 6.07) is 6.29. The number of hydrogen-bond acceptors (Lipinski definition) is 7. The molecule has 6 rings (SSSR count). The molecule has 0 atom stereocenters. The van der Waals surface area contributed by atoms with Gasteiger partial charge in [-0.15, -0.1) is 0 Å². The average molecular weight is 555 g/mol. The van der Waals surface area contributed by atoms with E-state index in [1.54, 1.807) is 73.6 Å². The number of aromatic carboxylic acids is 1. The van der Waals surface area contributed by atoms with E-state index in [2.05, 4.69) is 20.3 Å². The highest BCUT2D eigenvalue weighted by atomic mass is 19.2. The second-order valence-electron chi connectivity index (χ2n) is 9.99. The third-order valence-corrected chi connectivity index (χ3v) is 7.32. The van der Waals surface area contributed by atoms with Crippen LogP contribution >= 0.6 is 0 Å². The Bertz CT molecular complexity index is 1940. The largest absolute Gasteiger partial charge is 0.477 e. The number of anilines is 2. The normalized spacial score (nSPS) is 11.8. The van der Waals surface area contributed by atoms with Gasteiger partial charge in [-0.2, -0.15) is 0 Å². The number of carboxylic acid groups (broad SMARTS) is 1. The number of benzene rings is 1. The molecule has 0 saturated heterocycles. The summed E-state index contributed by atoms with van der Waals surface area (Å²) in [6.45, 7) is 0.269. The van der Waals surface area contributed by atoms with E-state index in [0.717, 1.165) is 11.6 Å². The van der Waals surface area contributed by atoms with Gasteiger partial charge in [0.2, 0.25) is 5.43 Å². The number of hydrogen-bond donors (Lipinski definition) is 2. The third kappa shape index (κ3) is 4.17. The number of aromatic nitrogens is 4. The summed E-state index contributed by atoms with van der Waals surface area (Å²) in [7, 11) is 5.22. The first-order valence-electron chi connectivity index (χ1n) is 12.7. The highest BCUT2D eigenvalue weighted by Gasteiger charge is 2.32. The number of carboxylic acids is 1. The average Bonchev–Trinajstić information content (AvgIpc) is 3.36. The highest BCUT2D eigenvalue weighted by Crippen LogP contribution is 2.49. The van der Waals surface area contributed by atoms with Crippen molar-refractivity contribution in [2.24, 2.45) is 0 Å². The highest BCUT2D eigenvalue weighted by molar-refractivity contribution is 5.98. The number of nitrogens with zero attached hydrogens (tertiary/aromatic N) is 5. The number of carbonyl (C=O) groups is 1. The predicted molar refractivity (Wildman–Crippen MR) is 152 cm³/mol. The van der Waals surface area contributed by atoms with Crippen molar-refractivity contribution in [1.29, 1.82) is 0 Å². The van der Waals surface area contributed by atoms with E-state index in [0.29, 0.717) is 51.4 Å². The van der Waals surface area contributed by atoms with Crippen LogP contribution in [-0.4, -0.2) is 51.7 Å². The van der Waals surface area contributed by atoms with Crippen LogP contribution in [0.3, 0.4) is 0 Å². The Morgan fingerprint density at radius 2 is 1.88 bits per heavy atom. The summed E-state index contributed by atoms with van der Waals surface area (Å²) in [5.74, 6) is -3.28. The van der Waals surface area contributed by atoms with Crippen molar-refractivity contribution in [1.82, 2.24) is 19.5 Å². The minimum absolute atomic E-state index is 0.108. The van der Waals surface area contributed by atoms with Crippen LogP contribution < -0.4 is 15.6 Å². The van der Waals surface area contributed by atoms with Gasteiger partial charge in [-0.3, -0.25) is 14.8 Å². The molecule has 41 heavy (non-hydrogen) atoms. The number of fused-ring (bicyclic) bond motifs is 4. The Kier molecular flexibility index (Phi) is 6.21. The molecule has 9 nitrogen and oxygen atoms in total. The van der Waals surface area contributed by atoms with Gasteiger partial charge in [0.25, 0.3) is 0 Å². The maximum Gasteiger partial charge on any atom is 0.341 e. The Hall–Kier alpha value is -5.19. The molecule has 0 fully saturated rings. The summed E-state index contributed by atoms with van der Waals surface area (Å²) in [4.78, 5) is 40.3. The summed E-state index contributed by atoms with van der Waals surface area (Å²) >= 11 is 0. The summed E-state index contributed by atoms with van der Waals surface area (Å²) in [5, 5.41) is 12.8. The molecule has 0 spiro atoms. The Balaban J connectivity index is 1.59. The molecule has 1 aliphatic carbocycles. The molecule has 0 amide bonds. The quantitative estimate of drug-likeness (QED) is 0.308. The van der Waals surface area contributed by atoms with E-state index in [1.165, 1.54) is 6.20 Å². The van der Waals surface area contributed by atoms with Crippen LogP contribution in [0.25, 0.3) is 33.3 Å². The van der Waals surface area contributed by atoms with Gasteiger partial charge < -0.3 is 19.9 Å². The zero-order valence-electron chi connectivity index (χ0n) is 22.4. The van der Waals surface area contributed by atoms with Crippen molar-refractivity contribution in [3.05, 3.63) is 99.5 Å². The second kappa shape index (κ2) is 9.77. The topological polar surface area (TPSA) is 113 Å². The molecular formula is C30H24F2N6O3. The standard InChI is InChI=1S/C30H24F2N6O3/c1-33-22-10-21(31)26(32)24-17(22)9-23-25(24)27(37(2)3)19(12-35-23)16-8-18-28(39)20(30(40)41)14-38(29(18)36-11-16)13-15-4-6-34-7-5-15/h4-8,10-12,14,33H,9,13H2,1-3H3,(H,40,41). The number of pyridine rings is 4. The lowest BCUT2D eigenvalue weighted by atomic mass is 9.97. The van der Waals surface area contributed by atoms with E-state index < -0.39 is 28.6 Å². The lowest BCUT2D eigenvalue weighted by Gasteiger charge is -2.22. The molecule has 0 aliphatic heterocycles. The first kappa shape index (κ1) is 26.1. The molecule has 2 N–H and O–H groups in total. The van der Waals surface area contributed by atoms with Crippen molar-refractivity contribution in [3.63, 3.8) is 0 Å². The third-order valence-electron chi connectivity index (χ3n) is 7.32. The smallest absolute Gasteiger partial charge is 0.341 e. The monoisotopic (exact) mass is 554 g/mol. The van der Waals surface area contributed by atoms with Crippen LogP contribution in [0.1, 0.15) is 27.2 Å². The van der Waals surface area contributed by atoms with E-state index in [9.17, 15) is 19.1 Å². The van der Waals surface area contributed by atoms with E-state index >= 15 is 4.39 Å². The SMILES string of the molecule is CNc1cc(F)c(F)c2c1Cc1ncc(-c3cnc4c(c3)c(=O)c(C(=O)O)cn4Cc3ccncc3)c(N(C)C)c1-2. The summed E-state index contributed by atoms with van der Waals surface area (Å²) in [5.41, 5.74) is 3.95. The predicted octanol–water partition coefficient (Wildman–Crippen LogP) is 4.56. The molecule has 4 heterocycles. The molecule has 5 aromatic rings. The first-order chi connectivity index (χ1) is 19.7. The fraction of sp³-hybridized carbons (Fsp3) is 0.167. The van der Waals surface area contributed by atoms with Crippen molar-refractivity contribution in [2.45, 2.75) is 13.0 Å². The Morgan fingerprint density at radius 3 is 2.56 bits per heavy atom. The number of nitrogens with one attached hydrogen (secondary N) is 1. The Morgan fingerprint density at radius 1 is 1.12 bits per heavy atom. The van der Waals surface area contributed by atoms with Crippen molar-refractivity contribution < 1.29 is 18.7 Å². The maximum absolute atomic E-state index is 15.3. The fourth-order valence-electron chi connectivity index (χ4n) is 5.49. The number of halogens is 2. The minimum atomic E-state index is -1.35. The van der Waals surface area contributed by atoms with Crippen LogP contribution in [0.15, 0.2) is 60.0 Å². The molecule has 1 aromatic carbocycles. The van der Waals surface area contributed by atoms with E-state index in [4.69, 9.17) is 0 Å². The molecule has 0 radical (unpaired) electrons. The summed E-state index contributed by atoms with van der Waals surface area (Å²) < 4.78 is 31.6. The van der Waals surface area contributed by atoms with E-state index in [1.807, 2.05) is 0 Å². The van der Waals surface area contributed by atoms with Gasteiger partial charge in [-0.25, -0.2) is 18.6 Å². The minimum Gasteiger partial charge on any atom is -0.477 e. The van der Waals surface area contributed by atoms with Gasteiger partial charge in [0.15, 0.2) is 11.6 Å². The lowest BCUT2D eigenvalue weighted by Crippen LogP contribution is -2.20. The molecule has 0 unspecified atom stereocenters. The molecule has 0 saturated carbocycles. The van der Waals surface area contributed by atoms with Crippen LogP contribution in [0, 0.1) is 11.6 Å². The molecule has 11 heteroatoms. The first-order valence-corrected chi connectivity index (χ1v) is 12.7. The van der Waals surface area contributed by atoms with Gasteiger partial charge in [-0.1, -0.05) is 0 Å². The molecule has 206 valence electrons. The van der Waals surface area contributed by atoms with Gasteiger partial charge in [0.1, 0.15) is 11.2 Å². The lowest BCUT2D eigenvalue weighted by molar-refractivity contribution is 0.0695. The van der Waals surface area contributed by atoms with Crippen molar-refractivity contribution in [3.8, 4) is 22.3 Å². The number of rotatable bonds is 6. The van der Waals surface area contributed by atoms with Crippen molar-refractivity contribution in [2.75, 3.05) is 31.4 Å². The van der Waals surface area contributed by atoms with Gasteiger partial charge in [-0.05, 0) is 29.3 Å². The molecule has 0 bridgehead atoms. The maximum atomic E-state index is 15.3. The molecular weight excluding hydrogens is 530 g/mol. The molecule has 4 aromatic heterocycles. The van der Waals surface area contributed by atoms with Crippen LogP contribution in [0.4, 0.5) is 20.2 Å².